The first kappa shape index (κ1) is 6.67. The van der Waals surface area contributed by atoms with Gasteiger partial charge in [-0.15, -0.1) is 0 Å². The van der Waals surface area contributed by atoms with Crippen LogP contribution in [0, 0.1) is 0 Å². The van der Waals surface area contributed by atoms with Crippen LogP contribution in [0.15, 0.2) is 24.3 Å². The van der Waals surface area contributed by atoms with E-state index in [4.69, 9.17) is 0 Å². The van der Waals surface area contributed by atoms with Crippen LogP contribution >= 0.6 is 0 Å². The monoisotopic (exact) mass is 159 g/mol. The number of hydrogen-bond donors (Lipinski definition) is 1. The van der Waals surface area contributed by atoms with E-state index in [2.05, 4.69) is 29.6 Å². The number of rotatable bonds is 0. The highest BCUT2D eigenvalue weighted by Crippen LogP contribution is 2.35. The Hall–Kier alpha value is -0.820. The van der Waals surface area contributed by atoms with E-state index in [1.165, 1.54) is 25.8 Å². The Kier molecular flexibility index (Phi) is 1.17. The molecule has 0 bridgehead atoms. The van der Waals surface area contributed by atoms with Crippen molar-refractivity contribution in [1.82, 2.24) is 5.32 Å². The Morgan fingerprint density at radius 3 is 2.08 bits per heavy atom. The summed E-state index contributed by atoms with van der Waals surface area (Å²) in [5.41, 5.74) is 3.60. The average molecular weight is 159 g/mol. The molecule has 1 aromatic rings. The summed E-state index contributed by atoms with van der Waals surface area (Å²) < 4.78 is 0. The van der Waals surface area contributed by atoms with Crippen molar-refractivity contribution in [2.24, 2.45) is 0 Å². The van der Waals surface area contributed by atoms with Gasteiger partial charge in [-0.3, -0.25) is 0 Å². The second-order valence-electron chi connectivity index (χ2n) is 4.08. The summed E-state index contributed by atoms with van der Waals surface area (Å²) in [5.74, 6) is 0. The third kappa shape index (κ3) is 0.774. The molecule has 0 unspecified atom stereocenters. The van der Waals surface area contributed by atoms with Gasteiger partial charge in [0.2, 0.25) is 0 Å². The summed E-state index contributed by atoms with van der Waals surface area (Å²) in [6.07, 6.45) is 3.87. The van der Waals surface area contributed by atoms with Crippen molar-refractivity contribution in [1.29, 1.82) is 0 Å². The minimum Gasteiger partial charge on any atom is -0.310 e. The van der Waals surface area contributed by atoms with Crippen molar-refractivity contribution in [3.8, 4) is 0 Å². The van der Waals surface area contributed by atoms with Gasteiger partial charge in [0, 0.05) is 5.54 Å². The standard InChI is InChI=1S/C11H13N/c1-2-4-10-8-11(5-6-12-11)7-9(10)3-1/h1-4,12H,5-8H2. The minimum absolute atomic E-state index is 0.476. The maximum absolute atomic E-state index is 3.57. The molecule has 1 nitrogen and oxygen atoms in total. The molecule has 0 aromatic heterocycles. The third-order valence-electron chi connectivity index (χ3n) is 3.28. The fraction of sp³-hybridized carbons (Fsp3) is 0.455. The zero-order valence-electron chi connectivity index (χ0n) is 7.14. The van der Waals surface area contributed by atoms with Crippen LogP contribution in [0.3, 0.4) is 0 Å². The van der Waals surface area contributed by atoms with E-state index in [9.17, 15) is 0 Å². The molecule has 2 aliphatic rings. The van der Waals surface area contributed by atoms with E-state index in [1.54, 1.807) is 11.1 Å². The van der Waals surface area contributed by atoms with Gasteiger partial charge in [0.1, 0.15) is 0 Å². The van der Waals surface area contributed by atoms with Crippen LogP contribution < -0.4 is 5.32 Å². The molecule has 1 N–H and O–H groups in total. The maximum Gasteiger partial charge on any atom is 0.0274 e. The van der Waals surface area contributed by atoms with Crippen molar-refractivity contribution in [2.75, 3.05) is 6.54 Å². The number of hydrogen-bond acceptors (Lipinski definition) is 1. The Morgan fingerprint density at radius 1 is 1.08 bits per heavy atom. The highest BCUT2D eigenvalue weighted by atomic mass is 15.0. The summed E-state index contributed by atoms with van der Waals surface area (Å²) >= 11 is 0. The minimum atomic E-state index is 0.476. The molecule has 1 spiro atoms. The third-order valence-corrected chi connectivity index (χ3v) is 3.28. The Bertz CT molecular complexity index is 286. The second-order valence-corrected chi connectivity index (χ2v) is 4.08. The molecular weight excluding hydrogens is 146 g/mol. The Labute approximate surface area is 72.8 Å². The molecule has 1 fully saturated rings. The lowest BCUT2D eigenvalue weighted by molar-refractivity contribution is 0.220. The highest BCUT2D eigenvalue weighted by Gasteiger charge is 2.41. The highest BCUT2D eigenvalue weighted by molar-refractivity contribution is 5.37. The van der Waals surface area contributed by atoms with E-state index in [0.717, 1.165) is 0 Å². The molecule has 62 valence electrons. The summed E-state index contributed by atoms with van der Waals surface area (Å²) in [6, 6.07) is 8.83. The van der Waals surface area contributed by atoms with Crippen molar-refractivity contribution in [3.05, 3.63) is 35.4 Å². The first-order valence-electron chi connectivity index (χ1n) is 4.70. The SMILES string of the molecule is c1ccc2c(c1)CC1(CCN1)C2. The van der Waals surface area contributed by atoms with Crippen LogP contribution in [-0.4, -0.2) is 12.1 Å². The second kappa shape index (κ2) is 2.11. The molecule has 0 radical (unpaired) electrons. The lowest BCUT2D eigenvalue weighted by Gasteiger charge is -2.40. The smallest absolute Gasteiger partial charge is 0.0274 e. The van der Waals surface area contributed by atoms with Gasteiger partial charge in [-0.05, 0) is 36.9 Å². The molecule has 1 saturated heterocycles. The van der Waals surface area contributed by atoms with Crippen LogP contribution in [0.1, 0.15) is 17.5 Å². The molecule has 0 amide bonds. The number of nitrogens with one attached hydrogen (secondary N) is 1. The molecule has 1 aliphatic carbocycles. The zero-order valence-corrected chi connectivity index (χ0v) is 7.14. The van der Waals surface area contributed by atoms with E-state index < -0.39 is 0 Å². The number of fused-ring (bicyclic) bond motifs is 1. The normalized spacial score (nSPS) is 23.7. The van der Waals surface area contributed by atoms with Gasteiger partial charge < -0.3 is 5.32 Å². The molecular formula is C11H13N. The summed E-state index contributed by atoms with van der Waals surface area (Å²) in [6.45, 7) is 1.22. The van der Waals surface area contributed by atoms with Gasteiger partial charge in [-0.25, -0.2) is 0 Å². The van der Waals surface area contributed by atoms with Gasteiger partial charge in [0.15, 0.2) is 0 Å². The summed E-state index contributed by atoms with van der Waals surface area (Å²) in [4.78, 5) is 0. The van der Waals surface area contributed by atoms with E-state index >= 15 is 0 Å². The lowest BCUT2D eigenvalue weighted by atomic mass is 9.85. The first-order chi connectivity index (χ1) is 5.88. The predicted molar refractivity (Wildman–Crippen MR) is 49.2 cm³/mol. The van der Waals surface area contributed by atoms with Crippen LogP contribution in [0.4, 0.5) is 0 Å². The van der Waals surface area contributed by atoms with Gasteiger partial charge in [-0.2, -0.15) is 0 Å². The lowest BCUT2D eigenvalue weighted by Crippen LogP contribution is -2.57. The van der Waals surface area contributed by atoms with Gasteiger partial charge >= 0.3 is 0 Å². The van der Waals surface area contributed by atoms with Crippen molar-refractivity contribution in [2.45, 2.75) is 24.8 Å². The van der Waals surface area contributed by atoms with E-state index in [0.29, 0.717) is 5.54 Å². The fourth-order valence-electron chi connectivity index (χ4n) is 2.47. The Balaban J connectivity index is 1.99. The average Bonchev–Trinajstić information content (AvgIpc) is 2.42. The summed E-state index contributed by atoms with van der Waals surface area (Å²) in [5, 5.41) is 3.57. The topological polar surface area (TPSA) is 12.0 Å². The van der Waals surface area contributed by atoms with Crippen LogP contribution in [0.2, 0.25) is 0 Å². The molecule has 0 atom stereocenters. The maximum atomic E-state index is 3.57. The van der Waals surface area contributed by atoms with Gasteiger partial charge in [-0.1, -0.05) is 24.3 Å². The fourth-order valence-corrected chi connectivity index (χ4v) is 2.47. The summed E-state index contributed by atoms with van der Waals surface area (Å²) in [7, 11) is 0. The van der Waals surface area contributed by atoms with Crippen molar-refractivity contribution < 1.29 is 0 Å². The zero-order chi connectivity index (χ0) is 8.02. The van der Waals surface area contributed by atoms with Crippen LogP contribution in [-0.2, 0) is 12.8 Å². The van der Waals surface area contributed by atoms with Gasteiger partial charge in [0.25, 0.3) is 0 Å². The molecule has 1 aromatic carbocycles. The van der Waals surface area contributed by atoms with Gasteiger partial charge in [0.05, 0.1) is 0 Å². The first-order valence-corrected chi connectivity index (χ1v) is 4.70. The molecule has 1 heterocycles. The van der Waals surface area contributed by atoms with E-state index in [-0.39, 0.29) is 0 Å². The Morgan fingerprint density at radius 2 is 1.67 bits per heavy atom. The van der Waals surface area contributed by atoms with Crippen molar-refractivity contribution in [3.63, 3.8) is 0 Å². The molecule has 12 heavy (non-hydrogen) atoms. The predicted octanol–water partition coefficient (Wildman–Crippen LogP) is 1.52. The molecule has 3 rings (SSSR count). The van der Waals surface area contributed by atoms with Crippen LogP contribution in [0.5, 0.6) is 0 Å². The molecule has 1 aliphatic heterocycles. The quantitative estimate of drug-likeness (QED) is 0.605. The van der Waals surface area contributed by atoms with Crippen LogP contribution in [0.25, 0.3) is 0 Å². The van der Waals surface area contributed by atoms with E-state index in [1.807, 2.05) is 0 Å². The van der Waals surface area contributed by atoms with Crippen molar-refractivity contribution >= 4 is 0 Å². The largest absolute Gasteiger partial charge is 0.310 e. The molecule has 0 saturated carbocycles. The molecule has 1 heteroatoms. The number of benzene rings is 1.